The lowest BCUT2D eigenvalue weighted by atomic mass is 9.94. The van der Waals surface area contributed by atoms with Crippen LogP contribution < -0.4 is 10.6 Å². The Kier molecular flexibility index (Phi) is 10.6. The van der Waals surface area contributed by atoms with E-state index in [0.717, 1.165) is 17.5 Å². The van der Waals surface area contributed by atoms with E-state index in [-0.39, 0.29) is 11.7 Å². The summed E-state index contributed by atoms with van der Waals surface area (Å²) in [6.07, 6.45) is 0.139. The molecular formula is C29H41N3O4S. The third kappa shape index (κ3) is 9.11. The van der Waals surface area contributed by atoms with Crippen LogP contribution in [-0.2, 0) is 27.3 Å². The van der Waals surface area contributed by atoms with Gasteiger partial charge in [0.05, 0.1) is 0 Å². The van der Waals surface area contributed by atoms with Crippen molar-refractivity contribution >= 4 is 30.5 Å². The monoisotopic (exact) mass is 527 g/mol. The van der Waals surface area contributed by atoms with Gasteiger partial charge >= 0.3 is 6.09 Å². The van der Waals surface area contributed by atoms with Gasteiger partial charge in [-0.2, -0.15) is 12.6 Å². The molecule has 0 aromatic heterocycles. The van der Waals surface area contributed by atoms with Gasteiger partial charge in [-0.15, -0.1) is 0 Å². The second-order valence-corrected chi connectivity index (χ2v) is 11.3. The zero-order chi connectivity index (χ0) is 27.8. The fraction of sp³-hybridized carbons (Fsp3) is 0.483. The lowest BCUT2D eigenvalue weighted by molar-refractivity contribution is -0.148. The Balaban J connectivity index is 2.46. The van der Waals surface area contributed by atoms with Crippen LogP contribution in [-0.4, -0.2) is 45.7 Å². The number of alkyl carbamates (subject to hydrolysis) is 1. The van der Waals surface area contributed by atoms with E-state index in [2.05, 4.69) is 30.2 Å². The molecule has 0 saturated heterocycles. The summed E-state index contributed by atoms with van der Waals surface area (Å²) in [5, 5.41) is 5.63. The molecule has 2 aromatic rings. The first-order valence-corrected chi connectivity index (χ1v) is 13.2. The molecule has 0 bridgehead atoms. The molecule has 0 aliphatic heterocycles. The van der Waals surface area contributed by atoms with Gasteiger partial charge in [0.15, 0.2) is 0 Å². The molecule has 2 rings (SSSR count). The smallest absolute Gasteiger partial charge is 0.408 e. The number of aryl methyl sites for hydroxylation is 1. The molecule has 0 aliphatic carbocycles. The van der Waals surface area contributed by atoms with Crippen molar-refractivity contribution in [3.63, 3.8) is 0 Å². The molecule has 0 aliphatic rings. The van der Waals surface area contributed by atoms with Crippen molar-refractivity contribution in [2.45, 2.75) is 84.7 Å². The van der Waals surface area contributed by atoms with Gasteiger partial charge in [0, 0.05) is 17.8 Å². The van der Waals surface area contributed by atoms with E-state index in [1.165, 1.54) is 4.90 Å². The minimum Gasteiger partial charge on any atom is -0.444 e. The maximum absolute atomic E-state index is 14.0. The van der Waals surface area contributed by atoms with Crippen molar-refractivity contribution in [2.24, 2.45) is 0 Å². The van der Waals surface area contributed by atoms with E-state index in [0.29, 0.717) is 12.1 Å². The maximum Gasteiger partial charge on any atom is 0.408 e. The van der Waals surface area contributed by atoms with Crippen molar-refractivity contribution in [2.75, 3.05) is 5.75 Å². The molecule has 0 heterocycles. The lowest BCUT2D eigenvalue weighted by Crippen LogP contribution is -2.59. The third-order valence-electron chi connectivity index (χ3n) is 5.65. The summed E-state index contributed by atoms with van der Waals surface area (Å²) in [6, 6.07) is 15.4. The molecule has 0 spiro atoms. The maximum atomic E-state index is 14.0. The van der Waals surface area contributed by atoms with Crippen molar-refractivity contribution in [1.82, 2.24) is 15.5 Å². The fourth-order valence-electron chi connectivity index (χ4n) is 3.88. The van der Waals surface area contributed by atoms with E-state index in [1.807, 2.05) is 75.4 Å². The fourth-order valence-corrected chi connectivity index (χ4v) is 4.13. The number of benzene rings is 2. The first kappa shape index (κ1) is 30.2. The van der Waals surface area contributed by atoms with E-state index >= 15 is 0 Å². The standard InChI is InChI=1S/C29H41N3O4S/c1-8-20-14-16-22(17-15-20)24(25(33)30-18-21-12-10-9-11-13-21)32(28(2,3)4)26(34)23(19-37)31-27(35)36-29(5,6)7/h9-17,23-24,37H,8,18-19H2,1-7H3,(H,30,33)(H,31,35). The molecule has 8 heteroatoms. The summed E-state index contributed by atoms with van der Waals surface area (Å²) in [7, 11) is 0. The van der Waals surface area contributed by atoms with Gasteiger partial charge in [0.1, 0.15) is 17.7 Å². The number of amides is 3. The number of ether oxygens (including phenoxy) is 1. The Morgan fingerprint density at radius 1 is 0.919 bits per heavy atom. The highest BCUT2D eigenvalue weighted by Crippen LogP contribution is 2.30. The molecule has 0 saturated carbocycles. The number of nitrogens with one attached hydrogen (secondary N) is 2. The van der Waals surface area contributed by atoms with Crippen molar-refractivity contribution in [3.8, 4) is 0 Å². The highest BCUT2D eigenvalue weighted by atomic mass is 32.1. The summed E-state index contributed by atoms with van der Waals surface area (Å²) in [5.41, 5.74) is 1.27. The SMILES string of the molecule is CCc1ccc(C(C(=O)NCc2ccccc2)N(C(=O)C(CS)NC(=O)OC(C)(C)C)C(C)(C)C)cc1. The average Bonchev–Trinajstić information content (AvgIpc) is 2.82. The van der Waals surface area contributed by atoms with Crippen LogP contribution in [0, 0.1) is 0 Å². The topological polar surface area (TPSA) is 87.7 Å². The molecule has 202 valence electrons. The Labute approximate surface area is 226 Å². The lowest BCUT2D eigenvalue weighted by Gasteiger charge is -2.43. The van der Waals surface area contributed by atoms with E-state index in [9.17, 15) is 14.4 Å². The van der Waals surface area contributed by atoms with Gasteiger partial charge in [-0.25, -0.2) is 4.79 Å². The Morgan fingerprint density at radius 2 is 1.51 bits per heavy atom. The largest absolute Gasteiger partial charge is 0.444 e. The third-order valence-corrected chi connectivity index (χ3v) is 6.02. The first-order valence-electron chi connectivity index (χ1n) is 12.6. The van der Waals surface area contributed by atoms with Crippen molar-refractivity contribution < 1.29 is 19.1 Å². The van der Waals surface area contributed by atoms with Crippen LogP contribution in [0.5, 0.6) is 0 Å². The quantitative estimate of drug-likeness (QED) is 0.398. The highest BCUT2D eigenvalue weighted by molar-refractivity contribution is 7.80. The predicted molar refractivity (Wildman–Crippen MR) is 150 cm³/mol. The minimum absolute atomic E-state index is 0.0395. The summed E-state index contributed by atoms with van der Waals surface area (Å²) in [5.74, 6) is -0.697. The van der Waals surface area contributed by atoms with Crippen LogP contribution in [0.2, 0.25) is 0 Å². The molecule has 7 nitrogen and oxygen atoms in total. The minimum atomic E-state index is -0.989. The first-order chi connectivity index (χ1) is 17.3. The molecule has 3 amide bonds. The summed E-state index contributed by atoms with van der Waals surface area (Å²) in [4.78, 5) is 41.7. The number of carbonyl (C=O) groups excluding carboxylic acids is 3. The van der Waals surface area contributed by atoms with Gasteiger partial charge in [0.2, 0.25) is 11.8 Å². The highest BCUT2D eigenvalue weighted by Gasteiger charge is 2.41. The van der Waals surface area contributed by atoms with E-state index < -0.39 is 35.2 Å². The van der Waals surface area contributed by atoms with Gasteiger partial charge in [-0.3, -0.25) is 9.59 Å². The number of nitrogens with zero attached hydrogens (tertiary/aromatic N) is 1. The molecule has 37 heavy (non-hydrogen) atoms. The number of hydrogen-bond acceptors (Lipinski definition) is 5. The number of thiol groups is 1. The zero-order valence-corrected chi connectivity index (χ0v) is 23.9. The summed E-state index contributed by atoms with van der Waals surface area (Å²) in [6.45, 7) is 13.2. The van der Waals surface area contributed by atoms with Crippen LogP contribution >= 0.6 is 12.6 Å². The van der Waals surface area contributed by atoms with Gasteiger partial charge in [-0.05, 0) is 64.7 Å². The van der Waals surface area contributed by atoms with E-state index in [1.54, 1.807) is 20.8 Å². The summed E-state index contributed by atoms with van der Waals surface area (Å²) >= 11 is 4.34. The van der Waals surface area contributed by atoms with Crippen molar-refractivity contribution in [1.29, 1.82) is 0 Å². The molecular weight excluding hydrogens is 486 g/mol. The number of rotatable bonds is 9. The van der Waals surface area contributed by atoms with Gasteiger partial charge in [-0.1, -0.05) is 61.5 Å². The van der Waals surface area contributed by atoms with Gasteiger partial charge < -0.3 is 20.3 Å². The molecule has 0 fully saturated rings. The summed E-state index contributed by atoms with van der Waals surface area (Å²) < 4.78 is 5.36. The molecule has 2 atom stereocenters. The Bertz CT molecular complexity index is 1040. The normalized spacial score (nSPS) is 13.3. The van der Waals surface area contributed by atoms with Crippen LogP contribution in [0.15, 0.2) is 54.6 Å². The molecule has 2 aromatic carbocycles. The number of hydrogen-bond donors (Lipinski definition) is 3. The molecule has 2 unspecified atom stereocenters. The second kappa shape index (κ2) is 13.0. The average molecular weight is 528 g/mol. The van der Waals surface area contributed by atoms with Crippen LogP contribution in [0.4, 0.5) is 4.79 Å². The van der Waals surface area contributed by atoms with Crippen molar-refractivity contribution in [3.05, 3.63) is 71.3 Å². The molecule has 2 N–H and O–H groups in total. The van der Waals surface area contributed by atoms with Gasteiger partial charge in [0.25, 0.3) is 0 Å². The zero-order valence-electron chi connectivity index (χ0n) is 23.0. The van der Waals surface area contributed by atoms with Crippen LogP contribution in [0.3, 0.4) is 0 Å². The second-order valence-electron chi connectivity index (χ2n) is 11.0. The van der Waals surface area contributed by atoms with E-state index in [4.69, 9.17) is 4.74 Å². The predicted octanol–water partition coefficient (Wildman–Crippen LogP) is 5.06. The Hall–Kier alpha value is -3.00. The van der Waals surface area contributed by atoms with Crippen LogP contribution in [0.1, 0.15) is 71.2 Å². The molecule has 0 radical (unpaired) electrons. The number of carbonyl (C=O) groups is 3. The van der Waals surface area contributed by atoms with Crippen LogP contribution in [0.25, 0.3) is 0 Å². The Morgan fingerprint density at radius 3 is 2.00 bits per heavy atom.